The van der Waals surface area contributed by atoms with E-state index in [4.69, 9.17) is 33.1 Å². The molecule has 0 aliphatic rings. The van der Waals surface area contributed by atoms with Gasteiger partial charge in [0.2, 0.25) is 0 Å². The number of rotatable bonds is 10. The molecular weight excluding hydrogens is 294 g/mol. The van der Waals surface area contributed by atoms with Gasteiger partial charge in [0.05, 0.1) is 0 Å². The first kappa shape index (κ1) is 22.4. The van der Waals surface area contributed by atoms with Crippen molar-refractivity contribution in [3.63, 3.8) is 0 Å². The Bertz CT molecular complexity index is 340. The lowest BCUT2D eigenvalue weighted by molar-refractivity contribution is -0.139. The van der Waals surface area contributed by atoms with Gasteiger partial charge in [0.1, 0.15) is 12.1 Å². The van der Waals surface area contributed by atoms with Crippen LogP contribution in [0.4, 0.5) is 4.79 Å². The molecule has 0 aromatic carbocycles. The van der Waals surface area contributed by atoms with Crippen LogP contribution in [-0.2, 0) is 9.59 Å². The van der Waals surface area contributed by atoms with Crippen LogP contribution in [-0.4, -0.2) is 53.4 Å². The Labute approximate surface area is 129 Å². The highest BCUT2D eigenvalue weighted by Crippen LogP contribution is 1.97. The van der Waals surface area contributed by atoms with E-state index in [9.17, 15) is 14.4 Å². The molecule has 0 aliphatic carbocycles. The Kier molecular flexibility index (Phi) is 14.3. The molecule has 0 spiro atoms. The molecule has 0 saturated carbocycles. The number of amides is 2. The number of unbranched alkanes of at least 4 members (excludes halogenated alkanes) is 1. The zero-order valence-electron chi connectivity index (χ0n) is 12.5. The average molecular weight is 321 g/mol. The molecule has 10 heteroatoms. The minimum Gasteiger partial charge on any atom is -0.480 e. The summed E-state index contributed by atoms with van der Waals surface area (Å²) in [6, 6.07) is -2.19. The fraction of sp³-hybridized carbons (Fsp3) is 0.750. The van der Waals surface area contributed by atoms with Crippen molar-refractivity contribution in [1.29, 1.82) is 0 Å². The normalized spacial score (nSPS) is 12.5. The van der Waals surface area contributed by atoms with E-state index in [1.807, 2.05) is 0 Å². The number of aliphatic carboxylic acids is 2. The maximum atomic E-state index is 10.2. The molecule has 22 heavy (non-hydrogen) atoms. The predicted octanol–water partition coefficient (Wildman–Crippen LogP) is -1.63. The predicted molar refractivity (Wildman–Crippen MR) is 80.9 cm³/mol. The highest BCUT2D eigenvalue weighted by molar-refractivity contribution is 5.73. The van der Waals surface area contributed by atoms with Crippen molar-refractivity contribution in [2.45, 2.75) is 44.2 Å². The van der Waals surface area contributed by atoms with Gasteiger partial charge < -0.3 is 38.5 Å². The number of carboxylic acid groups (broad SMARTS) is 2. The Hall–Kier alpha value is -1.91. The molecule has 0 aromatic heterocycles. The highest BCUT2D eigenvalue weighted by Gasteiger charge is 2.10. The second-order valence-corrected chi connectivity index (χ2v) is 4.61. The number of primary amides is 1. The zero-order valence-corrected chi connectivity index (χ0v) is 12.5. The van der Waals surface area contributed by atoms with Crippen molar-refractivity contribution in [3.8, 4) is 0 Å². The number of carbonyl (C=O) groups is 3. The third kappa shape index (κ3) is 16.1. The molecule has 0 heterocycles. The topological polar surface area (TPSA) is 208 Å². The molecule has 130 valence electrons. The van der Waals surface area contributed by atoms with E-state index in [2.05, 4.69) is 5.32 Å². The quantitative estimate of drug-likeness (QED) is 0.232. The Balaban J connectivity index is 0. The van der Waals surface area contributed by atoms with Gasteiger partial charge in [-0.15, -0.1) is 0 Å². The smallest absolute Gasteiger partial charge is 0.320 e. The average Bonchev–Trinajstić information content (AvgIpc) is 2.43. The lowest BCUT2D eigenvalue weighted by atomic mass is 10.1. The van der Waals surface area contributed by atoms with Gasteiger partial charge in [-0.3, -0.25) is 9.59 Å². The lowest BCUT2D eigenvalue weighted by Gasteiger charge is -2.05. The standard InChI is InChI=1S/C6H13N3O3.C6H14N2O2/c7-4(5(10)11)2-1-3-9-6(8)12;7-4-2-1-3-5(8)6(9)10/h4H,1-3,7H2,(H,10,11)(H3,8,9,12);5H,1-4,7-8H2,(H,9,10)/t4-;5-/m00/s1. The summed E-state index contributed by atoms with van der Waals surface area (Å²) < 4.78 is 0. The van der Waals surface area contributed by atoms with Crippen molar-refractivity contribution >= 4 is 18.0 Å². The third-order valence-electron chi connectivity index (χ3n) is 2.59. The van der Waals surface area contributed by atoms with Crippen LogP contribution >= 0.6 is 0 Å². The number of carbonyl (C=O) groups excluding carboxylic acids is 1. The van der Waals surface area contributed by atoms with Gasteiger partial charge in [-0.05, 0) is 32.2 Å². The van der Waals surface area contributed by atoms with Gasteiger partial charge in [-0.2, -0.15) is 0 Å². The summed E-state index contributed by atoms with van der Waals surface area (Å²) in [5.41, 5.74) is 20.4. The van der Waals surface area contributed by atoms with Crippen LogP contribution in [0.2, 0.25) is 0 Å². The van der Waals surface area contributed by atoms with E-state index in [1.165, 1.54) is 0 Å². The second kappa shape index (κ2) is 14.0. The second-order valence-electron chi connectivity index (χ2n) is 4.61. The van der Waals surface area contributed by atoms with Gasteiger partial charge in [0, 0.05) is 6.54 Å². The summed E-state index contributed by atoms with van der Waals surface area (Å²) in [5, 5.41) is 19.0. The summed E-state index contributed by atoms with van der Waals surface area (Å²) >= 11 is 0. The summed E-state index contributed by atoms with van der Waals surface area (Å²) in [4.78, 5) is 30.5. The molecule has 10 nitrogen and oxygen atoms in total. The van der Waals surface area contributed by atoms with Crippen LogP contribution in [0.3, 0.4) is 0 Å². The third-order valence-corrected chi connectivity index (χ3v) is 2.59. The first-order valence-electron chi connectivity index (χ1n) is 6.92. The zero-order chi connectivity index (χ0) is 17.5. The molecule has 0 fully saturated rings. The van der Waals surface area contributed by atoms with Crippen molar-refractivity contribution in [3.05, 3.63) is 0 Å². The SMILES string of the molecule is NC(=O)NCCC[C@H](N)C(=O)O.NCCCC[C@H](N)C(=O)O. The van der Waals surface area contributed by atoms with E-state index in [1.54, 1.807) is 0 Å². The summed E-state index contributed by atoms with van der Waals surface area (Å²) in [7, 11) is 0. The van der Waals surface area contributed by atoms with Crippen molar-refractivity contribution in [2.24, 2.45) is 22.9 Å². The van der Waals surface area contributed by atoms with Crippen LogP contribution in [0.1, 0.15) is 32.1 Å². The minimum absolute atomic E-state index is 0.329. The van der Waals surface area contributed by atoms with Crippen LogP contribution in [0.5, 0.6) is 0 Å². The largest absolute Gasteiger partial charge is 0.480 e. The lowest BCUT2D eigenvalue weighted by Crippen LogP contribution is -2.33. The van der Waals surface area contributed by atoms with E-state index < -0.39 is 30.1 Å². The molecular formula is C12H27N5O5. The number of nitrogens with two attached hydrogens (primary N) is 4. The number of nitrogens with one attached hydrogen (secondary N) is 1. The molecule has 0 radical (unpaired) electrons. The maximum absolute atomic E-state index is 10.2. The summed E-state index contributed by atoms with van der Waals surface area (Å²) in [6.07, 6.45) is 3.00. The molecule has 0 unspecified atom stereocenters. The van der Waals surface area contributed by atoms with Crippen molar-refractivity contribution in [2.75, 3.05) is 13.1 Å². The summed E-state index contributed by atoms with van der Waals surface area (Å²) in [5.74, 6) is -1.97. The molecule has 0 bridgehead atoms. The summed E-state index contributed by atoms with van der Waals surface area (Å²) in [6.45, 7) is 0.961. The molecule has 0 saturated heterocycles. The van der Waals surface area contributed by atoms with Gasteiger partial charge in [0.25, 0.3) is 0 Å². The van der Waals surface area contributed by atoms with Crippen LogP contribution in [0, 0.1) is 0 Å². The van der Waals surface area contributed by atoms with Gasteiger partial charge in [0.15, 0.2) is 0 Å². The molecule has 0 rings (SSSR count). The molecule has 2 atom stereocenters. The highest BCUT2D eigenvalue weighted by atomic mass is 16.4. The van der Waals surface area contributed by atoms with Crippen LogP contribution < -0.4 is 28.3 Å². The minimum atomic E-state index is -1.03. The van der Waals surface area contributed by atoms with Crippen molar-refractivity contribution < 1.29 is 24.6 Å². The number of carboxylic acids is 2. The fourth-order valence-electron chi connectivity index (χ4n) is 1.29. The number of hydrogen-bond acceptors (Lipinski definition) is 6. The van der Waals surface area contributed by atoms with Gasteiger partial charge in [-0.1, -0.05) is 6.42 Å². The molecule has 11 N–H and O–H groups in total. The monoisotopic (exact) mass is 321 g/mol. The van der Waals surface area contributed by atoms with E-state index in [0.717, 1.165) is 12.8 Å². The molecule has 0 aromatic rings. The molecule has 0 aliphatic heterocycles. The van der Waals surface area contributed by atoms with Gasteiger partial charge in [-0.25, -0.2) is 4.79 Å². The van der Waals surface area contributed by atoms with Crippen LogP contribution in [0.25, 0.3) is 0 Å². The van der Waals surface area contributed by atoms with E-state index in [-0.39, 0.29) is 0 Å². The number of urea groups is 1. The number of hydrogen-bond donors (Lipinski definition) is 7. The maximum Gasteiger partial charge on any atom is 0.320 e. The molecule has 2 amide bonds. The fourth-order valence-corrected chi connectivity index (χ4v) is 1.29. The van der Waals surface area contributed by atoms with Gasteiger partial charge >= 0.3 is 18.0 Å². The Morgan fingerprint density at radius 1 is 0.909 bits per heavy atom. The van der Waals surface area contributed by atoms with E-state index >= 15 is 0 Å². The Morgan fingerprint density at radius 3 is 1.73 bits per heavy atom. The van der Waals surface area contributed by atoms with Crippen LogP contribution in [0.15, 0.2) is 0 Å². The van der Waals surface area contributed by atoms with Crippen molar-refractivity contribution in [1.82, 2.24) is 5.32 Å². The van der Waals surface area contributed by atoms with E-state index in [0.29, 0.717) is 32.4 Å². The Morgan fingerprint density at radius 2 is 1.36 bits per heavy atom. The first-order valence-corrected chi connectivity index (χ1v) is 6.92. The first-order chi connectivity index (χ1) is 10.2.